The minimum absolute atomic E-state index is 0.166. The number of hydrogen-bond donors (Lipinski definition) is 1. The molecule has 21 heavy (non-hydrogen) atoms. The minimum atomic E-state index is -3.37. The molecule has 0 atom stereocenters. The number of imidazole rings is 1. The SMILES string of the molecule is Cn1cnc(Cn2c(N)nc3c(S(C)(=O)=O)cccc32)n1. The number of aryl methyl sites for hydroxylation is 1. The number of anilines is 1. The third-order valence-electron chi connectivity index (χ3n) is 3.12. The Balaban J connectivity index is 2.18. The Hall–Kier alpha value is -2.42. The highest BCUT2D eigenvalue weighted by atomic mass is 32.2. The standard InChI is InChI=1S/C12H14N6O2S/c1-17-7-14-10(16-17)6-18-8-4-3-5-9(21(2,19)20)11(8)15-12(18)13/h3-5,7H,6H2,1-2H3,(H2,13,15). The van der Waals surface area contributed by atoms with Crippen LogP contribution in [0.3, 0.4) is 0 Å². The van der Waals surface area contributed by atoms with Crippen molar-refractivity contribution < 1.29 is 8.42 Å². The van der Waals surface area contributed by atoms with Crippen LogP contribution in [0.25, 0.3) is 11.0 Å². The number of aromatic nitrogens is 5. The zero-order chi connectivity index (χ0) is 15.2. The van der Waals surface area contributed by atoms with E-state index in [1.165, 1.54) is 6.07 Å². The molecule has 1 aromatic carbocycles. The lowest BCUT2D eigenvalue weighted by atomic mass is 10.3. The van der Waals surface area contributed by atoms with Gasteiger partial charge in [-0.05, 0) is 12.1 Å². The van der Waals surface area contributed by atoms with Crippen molar-refractivity contribution in [3.63, 3.8) is 0 Å². The maximum Gasteiger partial charge on any atom is 0.201 e. The third-order valence-corrected chi connectivity index (χ3v) is 4.25. The van der Waals surface area contributed by atoms with Crippen molar-refractivity contribution in [2.45, 2.75) is 11.4 Å². The number of benzene rings is 1. The molecule has 0 aliphatic heterocycles. The monoisotopic (exact) mass is 306 g/mol. The molecule has 0 unspecified atom stereocenters. The van der Waals surface area contributed by atoms with Crippen molar-refractivity contribution in [2.24, 2.45) is 7.05 Å². The van der Waals surface area contributed by atoms with Gasteiger partial charge < -0.3 is 10.3 Å². The van der Waals surface area contributed by atoms with E-state index in [0.29, 0.717) is 23.4 Å². The van der Waals surface area contributed by atoms with Gasteiger partial charge >= 0.3 is 0 Å². The first kappa shape index (κ1) is 13.6. The molecule has 0 aliphatic carbocycles. The van der Waals surface area contributed by atoms with Crippen LogP contribution < -0.4 is 5.73 Å². The molecule has 3 rings (SSSR count). The van der Waals surface area contributed by atoms with E-state index < -0.39 is 9.84 Å². The van der Waals surface area contributed by atoms with Gasteiger partial charge in [-0.1, -0.05) is 6.07 Å². The smallest absolute Gasteiger partial charge is 0.201 e. The molecule has 9 heteroatoms. The van der Waals surface area contributed by atoms with Gasteiger partial charge in [-0.15, -0.1) is 0 Å². The number of fused-ring (bicyclic) bond motifs is 1. The first-order chi connectivity index (χ1) is 9.86. The summed E-state index contributed by atoms with van der Waals surface area (Å²) in [5.41, 5.74) is 6.93. The number of nitrogen functional groups attached to an aromatic ring is 1. The average Bonchev–Trinajstić information content (AvgIpc) is 2.93. The first-order valence-electron chi connectivity index (χ1n) is 6.15. The van der Waals surface area contributed by atoms with Gasteiger partial charge in [-0.3, -0.25) is 4.68 Å². The Morgan fingerprint density at radius 2 is 2.10 bits per heavy atom. The summed E-state index contributed by atoms with van der Waals surface area (Å²) in [6.07, 6.45) is 2.74. The van der Waals surface area contributed by atoms with Crippen molar-refractivity contribution in [1.82, 2.24) is 24.3 Å². The van der Waals surface area contributed by atoms with Gasteiger partial charge in [-0.2, -0.15) is 5.10 Å². The number of hydrogen-bond acceptors (Lipinski definition) is 6. The second-order valence-electron chi connectivity index (χ2n) is 4.79. The summed E-state index contributed by atoms with van der Waals surface area (Å²) in [5, 5.41) is 4.19. The lowest BCUT2D eigenvalue weighted by Crippen LogP contribution is -2.06. The maximum atomic E-state index is 11.8. The zero-order valence-corrected chi connectivity index (χ0v) is 12.4. The van der Waals surface area contributed by atoms with Crippen molar-refractivity contribution in [3.05, 3.63) is 30.4 Å². The van der Waals surface area contributed by atoms with Crippen LogP contribution in [-0.4, -0.2) is 39.0 Å². The largest absolute Gasteiger partial charge is 0.369 e. The Kier molecular flexibility index (Phi) is 2.94. The van der Waals surface area contributed by atoms with Crippen LogP contribution in [0, 0.1) is 0 Å². The minimum Gasteiger partial charge on any atom is -0.369 e. The molecular formula is C12H14N6O2S. The van der Waals surface area contributed by atoms with Gasteiger partial charge in [0.05, 0.1) is 17.0 Å². The predicted molar refractivity (Wildman–Crippen MR) is 77.4 cm³/mol. The lowest BCUT2D eigenvalue weighted by molar-refractivity contribution is 0.602. The molecule has 2 N–H and O–H groups in total. The van der Waals surface area contributed by atoms with Gasteiger partial charge in [0.1, 0.15) is 11.8 Å². The molecule has 0 saturated carbocycles. The summed E-state index contributed by atoms with van der Waals surface area (Å²) in [4.78, 5) is 8.49. The van der Waals surface area contributed by atoms with Crippen molar-refractivity contribution in [1.29, 1.82) is 0 Å². The fourth-order valence-electron chi connectivity index (χ4n) is 2.20. The molecule has 0 spiro atoms. The van der Waals surface area contributed by atoms with E-state index in [4.69, 9.17) is 5.73 Å². The summed E-state index contributed by atoms with van der Waals surface area (Å²) >= 11 is 0. The number of nitrogens with zero attached hydrogens (tertiary/aromatic N) is 5. The summed E-state index contributed by atoms with van der Waals surface area (Å²) in [6, 6.07) is 4.96. The van der Waals surface area contributed by atoms with E-state index in [9.17, 15) is 8.42 Å². The van der Waals surface area contributed by atoms with Crippen LogP contribution in [0.1, 0.15) is 5.82 Å². The van der Waals surface area contributed by atoms with Crippen LogP contribution in [0.5, 0.6) is 0 Å². The highest BCUT2D eigenvalue weighted by Gasteiger charge is 2.18. The summed E-state index contributed by atoms with van der Waals surface area (Å²) in [5.74, 6) is 0.807. The van der Waals surface area contributed by atoms with E-state index in [1.54, 1.807) is 34.8 Å². The molecule has 110 valence electrons. The second kappa shape index (κ2) is 4.55. The molecule has 0 saturated heterocycles. The molecule has 3 aromatic rings. The fraction of sp³-hybridized carbons (Fsp3) is 0.250. The highest BCUT2D eigenvalue weighted by molar-refractivity contribution is 7.91. The molecule has 0 bridgehead atoms. The van der Waals surface area contributed by atoms with Gasteiger partial charge in [0.25, 0.3) is 0 Å². The molecule has 0 aliphatic rings. The molecule has 0 radical (unpaired) electrons. The summed E-state index contributed by atoms with van der Waals surface area (Å²) in [6.45, 7) is 0.330. The van der Waals surface area contributed by atoms with Crippen LogP contribution in [0.4, 0.5) is 5.95 Å². The molecular weight excluding hydrogens is 292 g/mol. The topological polar surface area (TPSA) is 109 Å². The van der Waals surface area contributed by atoms with Crippen molar-refractivity contribution >= 4 is 26.8 Å². The van der Waals surface area contributed by atoms with Crippen LogP contribution >= 0.6 is 0 Å². The number of sulfone groups is 1. The number of nitrogens with two attached hydrogens (primary N) is 1. The average molecular weight is 306 g/mol. The quantitative estimate of drug-likeness (QED) is 0.740. The van der Waals surface area contributed by atoms with Crippen LogP contribution in [-0.2, 0) is 23.4 Å². The normalized spacial score (nSPS) is 12.1. The van der Waals surface area contributed by atoms with Gasteiger partial charge in [-0.25, -0.2) is 18.4 Å². The number of rotatable bonds is 3. The van der Waals surface area contributed by atoms with E-state index in [0.717, 1.165) is 6.26 Å². The third kappa shape index (κ3) is 2.35. The molecule has 0 amide bonds. The second-order valence-corrected chi connectivity index (χ2v) is 6.77. The Morgan fingerprint density at radius 3 is 2.71 bits per heavy atom. The van der Waals surface area contributed by atoms with Crippen LogP contribution in [0.2, 0.25) is 0 Å². The Bertz CT molecular complexity index is 925. The Labute approximate surface area is 121 Å². The van der Waals surface area contributed by atoms with E-state index in [2.05, 4.69) is 15.1 Å². The summed E-state index contributed by atoms with van der Waals surface area (Å²) < 4.78 is 26.9. The molecule has 2 aromatic heterocycles. The van der Waals surface area contributed by atoms with E-state index in [1.807, 2.05) is 0 Å². The molecule has 8 nitrogen and oxygen atoms in total. The van der Waals surface area contributed by atoms with E-state index >= 15 is 0 Å². The number of para-hydroxylation sites is 1. The van der Waals surface area contributed by atoms with Gasteiger partial charge in [0.15, 0.2) is 15.7 Å². The van der Waals surface area contributed by atoms with Gasteiger partial charge in [0.2, 0.25) is 5.95 Å². The molecule has 0 fully saturated rings. The lowest BCUT2D eigenvalue weighted by Gasteiger charge is -2.04. The van der Waals surface area contributed by atoms with Crippen molar-refractivity contribution in [2.75, 3.05) is 12.0 Å². The zero-order valence-electron chi connectivity index (χ0n) is 11.6. The predicted octanol–water partition coefficient (Wildman–Crippen LogP) is 0.199. The molecule has 2 heterocycles. The summed E-state index contributed by atoms with van der Waals surface area (Å²) in [7, 11) is -1.60. The van der Waals surface area contributed by atoms with Gasteiger partial charge in [0, 0.05) is 13.3 Å². The first-order valence-corrected chi connectivity index (χ1v) is 8.04. The van der Waals surface area contributed by atoms with E-state index in [-0.39, 0.29) is 10.8 Å². The maximum absolute atomic E-state index is 11.8. The Morgan fingerprint density at radius 1 is 1.33 bits per heavy atom. The van der Waals surface area contributed by atoms with Crippen LogP contribution in [0.15, 0.2) is 29.4 Å². The highest BCUT2D eigenvalue weighted by Crippen LogP contribution is 2.25. The fourth-order valence-corrected chi connectivity index (χ4v) is 3.03. The van der Waals surface area contributed by atoms with Crippen molar-refractivity contribution in [3.8, 4) is 0 Å².